The number of imidazole rings is 1. The van der Waals surface area contributed by atoms with E-state index in [1.165, 1.54) is 17.0 Å². The van der Waals surface area contributed by atoms with E-state index >= 15 is 0 Å². The van der Waals surface area contributed by atoms with Crippen LogP contribution in [0.5, 0.6) is 11.5 Å². The van der Waals surface area contributed by atoms with Gasteiger partial charge in [-0.2, -0.15) is 5.26 Å². The van der Waals surface area contributed by atoms with Crippen LogP contribution < -0.4 is 16.2 Å². The SMILES string of the molecule is CC(C)(C=C(C#N)C(=O)N1CCC[C@H](n2c(=O)n(-c3ccc(Oc4ccccc4)cc3)c3c(N)ncnc32)C1)CO. The zero-order chi connectivity index (χ0) is 29.1. The highest BCUT2D eigenvalue weighted by Gasteiger charge is 2.31. The molecule has 1 atom stereocenters. The molecule has 0 bridgehead atoms. The van der Waals surface area contributed by atoms with Crippen LogP contribution in [0.25, 0.3) is 16.9 Å². The molecule has 0 unspecified atom stereocenters. The smallest absolute Gasteiger partial charge is 0.335 e. The molecule has 0 radical (unpaired) electrons. The summed E-state index contributed by atoms with van der Waals surface area (Å²) in [5.41, 5.74) is 6.44. The molecule has 4 aromatic rings. The van der Waals surface area contributed by atoms with Crippen molar-refractivity contribution in [3.8, 4) is 23.3 Å². The van der Waals surface area contributed by atoms with Gasteiger partial charge in [0, 0.05) is 18.5 Å². The number of aliphatic hydroxyl groups excluding tert-OH is 1. The Kier molecular flexibility index (Phi) is 7.59. The first-order valence-corrected chi connectivity index (χ1v) is 13.3. The Hall–Kier alpha value is -4.95. The third kappa shape index (κ3) is 5.55. The molecular weight excluding hydrogens is 522 g/mol. The number of amides is 1. The summed E-state index contributed by atoms with van der Waals surface area (Å²) in [6.07, 6.45) is 4.07. The Bertz CT molecular complexity index is 1700. The third-order valence-electron chi connectivity index (χ3n) is 7.10. The van der Waals surface area contributed by atoms with Gasteiger partial charge in [0.1, 0.15) is 35.0 Å². The van der Waals surface area contributed by atoms with Gasteiger partial charge in [0.25, 0.3) is 5.91 Å². The molecule has 11 nitrogen and oxygen atoms in total. The number of carbonyl (C=O) groups excluding carboxylic acids is 1. The lowest BCUT2D eigenvalue weighted by Crippen LogP contribution is -2.43. The number of aliphatic hydroxyl groups is 1. The molecule has 210 valence electrons. The number of nitrogen functional groups attached to an aromatic ring is 1. The van der Waals surface area contributed by atoms with Gasteiger partial charge >= 0.3 is 5.69 Å². The monoisotopic (exact) mass is 553 g/mol. The first kappa shape index (κ1) is 27.6. The van der Waals surface area contributed by atoms with Gasteiger partial charge in [-0.3, -0.25) is 13.9 Å². The summed E-state index contributed by atoms with van der Waals surface area (Å²) >= 11 is 0. The Morgan fingerprint density at radius 3 is 2.56 bits per heavy atom. The minimum Gasteiger partial charge on any atom is -0.457 e. The summed E-state index contributed by atoms with van der Waals surface area (Å²) in [6, 6.07) is 18.0. The summed E-state index contributed by atoms with van der Waals surface area (Å²) < 4.78 is 8.93. The number of para-hydroxylation sites is 1. The first-order valence-electron chi connectivity index (χ1n) is 13.3. The van der Waals surface area contributed by atoms with Crippen LogP contribution in [-0.2, 0) is 4.79 Å². The number of hydrogen-bond acceptors (Lipinski definition) is 8. The number of piperidine rings is 1. The van der Waals surface area contributed by atoms with Gasteiger partial charge in [0.15, 0.2) is 11.5 Å². The molecule has 2 aromatic carbocycles. The number of aromatic nitrogens is 4. The third-order valence-corrected chi connectivity index (χ3v) is 7.10. The number of hydrogen-bond donors (Lipinski definition) is 2. The summed E-state index contributed by atoms with van der Waals surface area (Å²) in [5, 5.41) is 19.3. The Morgan fingerprint density at radius 2 is 1.88 bits per heavy atom. The van der Waals surface area contributed by atoms with E-state index in [0.29, 0.717) is 47.7 Å². The van der Waals surface area contributed by atoms with Crippen LogP contribution in [-0.4, -0.2) is 54.7 Å². The number of nitrogens with two attached hydrogens (primary N) is 1. The Balaban J connectivity index is 1.50. The van der Waals surface area contributed by atoms with Gasteiger partial charge in [-0.15, -0.1) is 0 Å². The molecule has 1 aliphatic rings. The maximum atomic E-state index is 14.0. The summed E-state index contributed by atoms with van der Waals surface area (Å²) in [5.74, 6) is 1.02. The molecule has 1 fully saturated rings. The summed E-state index contributed by atoms with van der Waals surface area (Å²) in [7, 11) is 0. The summed E-state index contributed by atoms with van der Waals surface area (Å²) in [6.45, 7) is 3.94. The lowest BCUT2D eigenvalue weighted by atomic mass is 9.91. The Labute approximate surface area is 236 Å². The lowest BCUT2D eigenvalue weighted by Gasteiger charge is -2.33. The van der Waals surface area contributed by atoms with Crippen LogP contribution in [0.2, 0.25) is 0 Å². The fourth-order valence-electron chi connectivity index (χ4n) is 5.02. The van der Waals surface area contributed by atoms with Gasteiger partial charge in [0.2, 0.25) is 0 Å². The standard InChI is InChI=1S/C30H31N7O4/c1-30(2,18-38)15-20(16-31)28(39)35-14-6-7-22(17-35)37-27-25(26(32)33-19-34-27)36(29(37)40)21-10-12-24(13-11-21)41-23-8-4-3-5-9-23/h3-5,8-13,15,19,22,38H,6-7,14,17-18H2,1-2H3,(H2,32,33,34)/t22-/m0/s1. The van der Waals surface area contributed by atoms with Gasteiger partial charge in [-0.1, -0.05) is 38.1 Å². The van der Waals surface area contributed by atoms with Crippen molar-refractivity contribution >= 4 is 22.9 Å². The molecule has 1 saturated heterocycles. The van der Waals surface area contributed by atoms with E-state index in [0.717, 1.165) is 0 Å². The number of nitrogens with zero attached hydrogens (tertiary/aromatic N) is 6. The number of nitriles is 1. The lowest BCUT2D eigenvalue weighted by molar-refractivity contribution is -0.128. The second-order valence-electron chi connectivity index (χ2n) is 10.7. The minimum absolute atomic E-state index is 0.0381. The van der Waals surface area contributed by atoms with Crippen molar-refractivity contribution in [2.45, 2.75) is 32.7 Å². The van der Waals surface area contributed by atoms with Crippen LogP contribution >= 0.6 is 0 Å². The number of ether oxygens (including phenoxy) is 1. The number of rotatable bonds is 7. The van der Waals surface area contributed by atoms with Crippen molar-refractivity contribution in [1.82, 2.24) is 24.0 Å². The molecule has 1 amide bonds. The highest BCUT2D eigenvalue weighted by Crippen LogP contribution is 2.29. The molecule has 2 aromatic heterocycles. The van der Waals surface area contributed by atoms with Gasteiger partial charge < -0.3 is 20.5 Å². The van der Waals surface area contributed by atoms with Crippen LogP contribution in [0.15, 0.2) is 77.4 Å². The maximum absolute atomic E-state index is 14.0. The van der Waals surface area contributed by atoms with Gasteiger partial charge in [-0.25, -0.2) is 14.8 Å². The molecule has 3 heterocycles. The number of carbonyl (C=O) groups is 1. The quantitative estimate of drug-likeness (QED) is 0.260. The molecule has 1 aliphatic heterocycles. The van der Waals surface area contributed by atoms with Crippen molar-refractivity contribution in [3.63, 3.8) is 0 Å². The van der Waals surface area contributed by atoms with E-state index in [4.69, 9.17) is 10.5 Å². The number of anilines is 1. The van der Waals surface area contributed by atoms with Crippen LogP contribution in [0, 0.1) is 16.7 Å². The van der Waals surface area contributed by atoms with Crippen LogP contribution in [0.4, 0.5) is 5.82 Å². The normalized spacial score (nSPS) is 16.0. The highest BCUT2D eigenvalue weighted by molar-refractivity contribution is 5.97. The van der Waals surface area contributed by atoms with E-state index < -0.39 is 17.4 Å². The number of fused-ring (bicyclic) bond motifs is 1. The van der Waals surface area contributed by atoms with Crippen LogP contribution in [0.3, 0.4) is 0 Å². The fourth-order valence-corrected chi connectivity index (χ4v) is 5.02. The zero-order valence-corrected chi connectivity index (χ0v) is 22.9. The highest BCUT2D eigenvalue weighted by atomic mass is 16.5. The molecular formula is C30H31N7O4. The van der Waals surface area contributed by atoms with Crippen LogP contribution in [0.1, 0.15) is 32.7 Å². The van der Waals surface area contributed by atoms with Crippen molar-refractivity contribution in [2.75, 3.05) is 25.4 Å². The largest absolute Gasteiger partial charge is 0.457 e. The van der Waals surface area contributed by atoms with E-state index in [1.807, 2.05) is 36.4 Å². The molecule has 0 aliphatic carbocycles. The molecule has 41 heavy (non-hydrogen) atoms. The molecule has 0 spiro atoms. The van der Waals surface area contributed by atoms with Crippen molar-refractivity contribution in [3.05, 3.63) is 83.1 Å². The number of benzene rings is 2. The molecule has 11 heteroatoms. The second kappa shape index (κ2) is 11.3. The maximum Gasteiger partial charge on any atom is 0.335 e. The molecule has 3 N–H and O–H groups in total. The predicted molar refractivity (Wildman–Crippen MR) is 153 cm³/mol. The first-order chi connectivity index (χ1) is 19.7. The number of likely N-dealkylation sites (tertiary alicyclic amines) is 1. The second-order valence-corrected chi connectivity index (χ2v) is 10.7. The average Bonchev–Trinajstić information content (AvgIpc) is 3.29. The predicted octanol–water partition coefficient (Wildman–Crippen LogP) is 3.59. The minimum atomic E-state index is -0.726. The van der Waals surface area contributed by atoms with Gasteiger partial charge in [0.05, 0.1) is 18.3 Å². The fraction of sp³-hybridized carbons (Fsp3) is 0.300. The van der Waals surface area contributed by atoms with E-state index in [-0.39, 0.29) is 30.2 Å². The van der Waals surface area contributed by atoms with E-state index in [9.17, 15) is 20.0 Å². The van der Waals surface area contributed by atoms with E-state index in [1.54, 1.807) is 47.6 Å². The van der Waals surface area contributed by atoms with E-state index in [2.05, 4.69) is 9.97 Å². The van der Waals surface area contributed by atoms with Crippen molar-refractivity contribution < 1.29 is 14.6 Å². The van der Waals surface area contributed by atoms with Crippen molar-refractivity contribution in [2.24, 2.45) is 5.41 Å². The molecule has 0 saturated carbocycles. The zero-order valence-electron chi connectivity index (χ0n) is 22.9. The Morgan fingerprint density at radius 1 is 1.17 bits per heavy atom. The van der Waals surface area contributed by atoms with Gasteiger partial charge in [-0.05, 0) is 49.2 Å². The topological polar surface area (TPSA) is 152 Å². The average molecular weight is 554 g/mol. The molecule has 5 rings (SSSR count). The van der Waals surface area contributed by atoms with Crippen molar-refractivity contribution in [1.29, 1.82) is 5.26 Å². The summed E-state index contributed by atoms with van der Waals surface area (Å²) in [4.78, 5) is 37.4.